The Kier molecular flexibility index (Phi) is 5.36. The summed E-state index contributed by atoms with van der Waals surface area (Å²) in [7, 11) is 3.51. The van der Waals surface area contributed by atoms with Gasteiger partial charge in [0.05, 0.1) is 51.6 Å². The van der Waals surface area contributed by atoms with Crippen LogP contribution < -0.4 is 10.5 Å². The van der Waals surface area contributed by atoms with Crippen LogP contribution in [0.2, 0.25) is 0 Å². The van der Waals surface area contributed by atoms with Gasteiger partial charge in [0.2, 0.25) is 0 Å². The predicted molar refractivity (Wildman–Crippen MR) is 130 cm³/mol. The number of benzene rings is 1. The summed E-state index contributed by atoms with van der Waals surface area (Å²) in [6.07, 6.45) is 0.494. The van der Waals surface area contributed by atoms with Gasteiger partial charge in [-0.25, -0.2) is 4.98 Å². The van der Waals surface area contributed by atoms with Crippen molar-refractivity contribution < 1.29 is 19.2 Å². The molecular weight excluding hydrogens is 452 g/mol. The summed E-state index contributed by atoms with van der Waals surface area (Å²) in [5.74, 6) is -0.339. The van der Waals surface area contributed by atoms with Gasteiger partial charge >= 0.3 is 5.97 Å². The number of carbonyl (C=O) groups excluding carboxylic acids is 1. The Morgan fingerprint density at radius 1 is 1.29 bits per heavy atom. The Labute approximate surface area is 201 Å². The summed E-state index contributed by atoms with van der Waals surface area (Å²) >= 11 is 0. The van der Waals surface area contributed by atoms with Crippen molar-refractivity contribution in [1.82, 2.24) is 9.55 Å². The van der Waals surface area contributed by atoms with Crippen molar-refractivity contribution in [2.45, 2.75) is 38.8 Å². The third-order valence-electron chi connectivity index (χ3n) is 7.32. The van der Waals surface area contributed by atoms with Gasteiger partial charge in [-0.15, -0.1) is 0 Å². The lowest BCUT2D eigenvalue weighted by Crippen LogP contribution is -2.42. The van der Waals surface area contributed by atoms with Crippen LogP contribution in [0.4, 0.5) is 11.4 Å². The molecule has 35 heavy (non-hydrogen) atoms. The quantitative estimate of drug-likeness (QED) is 0.236. The van der Waals surface area contributed by atoms with Crippen LogP contribution in [0.3, 0.4) is 0 Å². The third kappa shape index (κ3) is 3.31. The van der Waals surface area contributed by atoms with E-state index >= 15 is 0 Å². The van der Waals surface area contributed by atoms with Gasteiger partial charge in [-0.05, 0) is 31.0 Å². The highest BCUT2D eigenvalue weighted by Crippen LogP contribution is 2.43. The van der Waals surface area contributed by atoms with E-state index in [2.05, 4.69) is 0 Å². The van der Waals surface area contributed by atoms with Crippen LogP contribution in [0.15, 0.2) is 29.1 Å². The fourth-order valence-electron chi connectivity index (χ4n) is 5.10. The maximum absolute atomic E-state index is 13.6. The number of nitro benzene ring substituents is 1. The average Bonchev–Trinajstić information content (AvgIpc) is 3.21. The summed E-state index contributed by atoms with van der Waals surface area (Å²) in [5.41, 5.74) is 3.47. The lowest BCUT2D eigenvalue weighted by Gasteiger charge is -2.33. The van der Waals surface area contributed by atoms with Crippen molar-refractivity contribution in [1.29, 1.82) is 0 Å². The van der Waals surface area contributed by atoms with Crippen LogP contribution in [0.25, 0.3) is 22.3 Å². The van der Waals surface area contributed by atoms with E-state index < -0.39 is 10.3 Å². The number of cyclic esters (lactones) is 1. The lowest BCUT2D eigenvalue weighted by atomic mass is 9.76. The standard InChI is InChI=1S/C25H26N4O6/c1-5-25(2)18-11-20-21-16(12-28(20)23(30)17(18)13-35-24(25)31)22(27(3)8-9-34-4)15-10-14(29(32)33)6-7-19(15)26-21/h6-7,10-11H,5,8-9,12-13H2,1-4H3/t25-/m1/s1. The third-order valence-corrected chi connectivity index (χ3v) is 7.32. The zero-order chi connectivity index (χ0) is 25.1. The number of carbonyl (C=O) groups is 1. The number of anilines is 1. The van der Waals surface area contributed by atoms with E-state index in [1.807, 2.05) is 24.9 Å². The molecule has 0 N–H and O–H groups in total. The molecule has 0 saturated carbocycles. The first kappa shape index (κ1) is 23.0. The highest BCUT2D eigenvalue weighted by Gasteiger charge is 2.43. The van der Waals surface area contributed by atoms with Gasteiger partial charge in [-0.3, -0.25) is 19.7 Å². The Balaban J connectivity index is 1.80. The van der Waals surface area contributed by atoms with Crippen molar-refractivity contribution in [2.24, 2.45) is 0 Å². The van der Waals surface area contributed by atoms with E-state index in [9.17, 15) is 19.7 Å². The van der Waals surface area contributed by atoms with Crippen LogP contribution >= 0.6 is 0 Å². The van der Waals surface area contributed by atoms with Crippen molar-refractivity contribution in [3.05, 3.63) is 61.4 Å². The van der Waals surface area contributed by atoms with Crippen LogP contribution in [0.1, 0.15) is 37.0 Å². The second-order valence-electron chi connectivity index (χ2n) is 9.24. The number of rotatable bonds is 6. The predicted octanol–water partition coefficient (Wildman–Crippen LogP) is 3.14. The Bertz CT molecular complexity index is 1460. The SMILES string of the molecule is CC[C@@]1(C)C(=O)OCc2c1cc1n(c2=O)Cc2c-1nc1ccc([N+](=O)[O-])cc1c2N(C)CCOC. The van der Waals surface area contributed by atoms with Crippen molar-refractivity contribution in [2.75, 3.05) is 32.2 Å². The number of hydrogen-bond acceptors (Lipinski definition) is 8. The topological polar surface area (TPSA) is 117 Å². The largest absolute Gasteiger partial charge is 0.460 e. The summed E-state index contributed by atoms with van der Waals surface area (Å²) < 4.78 is 12.3. The smallest absolute Gasteiger partial charge is 0.316 e. The monoisotopic (exact) mass is 478 g/mol. The highest BCUT2D eigenvalue weighted by atomic mass is 16.6. The molecule has 1 atom stereocenters. The molecule has 0 amide bonds. The fourth-order valence-corrected chi connectivity index (χ4v) is 5.10. The van der Waals surface area contributed by atoms with E-state index in [1.165, 1.54) is 12.1 Å². The first-order valence-electron chi connectivity index (χ1n) is 11.5. The fraction of sp³-hybridized carbons (Fsp3) is 0.400. The average molecular weight is 479 g/mol. The molecule has 2 aliphatic heterocycles. The van der Waals surface area contributed by atoms with E-state index in [-0.39, 0.29) is 30.4 Å². The number of esters is 1. The van der Waals surface area contributed by atoms with E-state index in [4.69, 9.17) is 14.5 Å². The summed E-state index contributed by atoms with van der Waals surface area (Å²) in [4.78, 5) is 44.1. The van der Waals surface area contributed by atoms with Gasteiger partial charge in [0.1, 0.15) is 6.61 Å². The van der Waals surface area contributed by atoms with Crippen LogP contribution in [-0.4, -0.2) is 47.8 Å². The molecule has 182 valence electrons. The van der Waals surface area contributed by atoms with Gasteiger partial charge in [-0.1, -0.05) is 6.92 Å². The van der Waals surface area contributed by atoms with E-state index in [0.717, 1.165) is 11.3 Å². The molecule has 4 heterocycles. The molecule has 0 radical (unpaired) electrons. The first-order chi connectivity index (χ1) is 16.7. The highest BCUT2D eigenvalue weighted by molar-refractivity contribution is 5.98. The summed E-state index contributed by atoms with van der Waals surface area (Å²) in [6.45, 7) is 4.92. The maximum Gasteiger partial charge on any atom is 0.316 e. The molecule has 3 aromatic rings. The van der Waals surface area contributed by atoms with Gasteiger partial charge in [0.25, 0.3) is 11.2 Å². The number of pyridine rings is 2. The molecule has 10 heteroatoms. The molecule has 5 rings (SSSR count). The lowest BCUT2D eigenvalue weighted by molar-refractivity contribution is -0.384. The number of aromatic nitrogens is 2. The summed E-state index contributed by atoms with van der Waals surface area (Å²) in [6, 6.07) is 6.49. The number of nitrogens with zero attached hydrogens (tertiary/aromatic N) is 4. The zero-order valence-corrected chi connectivity index (χ0v) is 20.1. The van der Waals surface area contributed by atoms with E-state index in [0.29, 0.717) is 53.0 Å². The van der Waals surface area contributed by atoms with E-state index in [1.54, 1.807) is 24.7 Å². The number of methoxy groups -OCH3 is 1. The van der Waals surface area contributed by atoms with Crippen molar-refractivity contribution >= 4 is 28.2 Å². The first-order valence-corrected chi connectivity index (χ1v) is 11.5. The molecule has 0 fully saturated rings. The number of ether oxygens (including phenoxy) is 2. The zero-order valence-electron chi connectivity index (χ0n) is 20.1. The number of non-ortho nitro benzene ring substituents is 1. The second-order valence-corrected chi connectivity index (χ2v) is 9.24. The normalized spacial score (nSPS) is 18.1. The minimum Gasteiger partial charge on any atom is -0.460 e. The molecule has 2 aromatic heterocycles. The molecule has 10 nitrogen and oxygen atoms in total. The summed E-state index contributed by atoms with van der Waals surface area (Å²) in [5, 5.41) is 12.1. The minimum atomic E-state index is -0.916. The van der Waals surface area contributed by atoms with Crippen molar-refractivity contribution in [3.63, 3.8) is 0 Å². The Morgan fingerprint density at radius 2 is 2.06 bits per heavy atom. The molecular formula is C25H26N4O6. The number of likely N-dealkylation sites (N-methyl/N-ethyl adjacent to an activating group) is 1. The van der Waals surface area contributed by atoms with Gasteiger partial charge in [-0.2, -0.15) is 0 Å². The van der Waals surface area contributed by atoms with Gasteiger partial charge < -0.3 is 18.9 Å². The van der Waals surface area contributed by atoms with Crippen LogP contribution in [-0.2, 0) is 32.8 Å². The molecule has 0 spiro atoms. The molecule has 0 unspecified atom stereocenters. The molecule has 0 saturated heterocycles. The number of fused-ring (bicyclic) bond motifs is 5. The number of hydrogen-bond donors (Lipinski definition) is 0. The molecule has 0 bridgehead atoms. The van der Waals surface area contributed by atoms with Crippen LogP contribution in [0, 0.1) is 10.1 Å². The van der Waals surface area contributed by atoms with Crippen molar-refractivity contribution in [3.8, 4) is 11.4 Å². The van der Waals surface area contributed by atoms with Gasteiger partial charge in [0, 0.05) is 43.8 Å². The molecule has 2 aliphatic rings. The second kappa shape index (κ2) is 8.16. The van der Waals surface area contributed by atoms with Gasteiger partial charge in [0.15, 0.2) is 0 Å². The Morgan fingerprint density at radius 3 is 2.74 bits per heavy atom. The molecule has 1 aromatic carbocycles. The van der Waals surface area contributed by atoms with Crippen LogP contribution in [0.5, 0.6) is 0 Å². The molecule has 0 aliphatic carbocycles. The number of nitro groups is 1. The minimum absolute atomic E-state index is 0.0295. The maximum atomic E-state index is 13.6. The Hall–Kier alpha value is -3.79.